The molecule has 0 bridgehead atoms. The average molecular weight is 368 g/mol. The zero-order chi connectivity index (χ0) is 16.4. The van der Waals surface area contributed by atoms with Crippen LogP contribution in [0.15, 0.2) is 59.2 Å². The first-order valence-electron chi connectivity index (χ1n) is 7.12. The molecule has 3 aromatic rings. The Morgan fingerprint density at radius 3 is 2.57 bits per heavy atom. The predicted molar refractivity (Wildman–Crippen MR) is 94.2 cm³/mol. The number of nitrogens with zero attached hydrogens (tertiary/aromatic N) is 1. The number of fused-ring (bicyclic) bond motifs is 1. The van der Waals surface area contributed by atoms with Crippen molar-refractivity contribution in [1.29, 1.82) is 0 Å². The van der Waals surface area contributed by atoms with E-state index in [1.165, 1.54) is 6.92 Å². The molecule has 114 valence electrons. The van der Waals surface area contributed by atoms with Gasteiger partial charge < -0.3 is 5.11 Å². The van der Waals surface area contributed by atoms with Crippen LogP contribution in [-0.2, 0) is 0 Å². The minimum absolute atomic E-state index is 0.00444. The Hall–Kier alpha value is -2.35. The number of carbonyl (C=O) groups excluding carboxylic acids is 1. The van der Waals surface area contributed by atoms with Crippen molar-refractivity contribution in [2.24, 2.45) is 0 Å². The molecular formula is C19H14BrNO2. The first-order valence-corrected chi connectivity index (χ1v) is 7.91. The van der Waals surface area contributed by atoms with E-state index < -0.39 is 6.10 Å². The van der Waals surface area contributed by atoms with Gasteiger partial charge in [0.1, 0.15) is 6.10 Å². The largest absolute Gasteiger partial charge is 0.376 e. The highest BCUT2D eigenvalue weighted by atomic mass is 79.9. The second-order valence-electron chi connectivity index (χ2n) is 5.20. The van der Waals surface area contributed by atoms with Crippen molar-refractivity contribution in [1.82, 2.24) is 4.57 Å². The van der Waals surface area contributed by atoms with E-state index in [4.69, 9.17) is 0 Å². The lowest BCUT2D eigenvalue weighted by molar-refractivity contribution is 0.101. The number of halogens is 1. The summed E-state index contributed by atoms with van der Waals surface area (Å²) in [5.41, 5.74) is 2.21. The quantitative estimate of drug-likeness (QED) is 0.546. The van der Waals surface area contributed by atoms with Gasteiger partial charge in [-0.2, -0.15) is 0 Å². The lowest BCUT2D eigenvalue weighted by Crippen LogP contribution is -1.95. The molecule has 2 aromatic carbocycles. The van der Waals surface area contributed by atoms with Crippen molar-refractivity contribution < 1.29 is 9.90 Å². The maximum atomic E-state index is 11.7. The molecule has 3 rings (SSSR count). The molecule has 0 aliphatic heterocycles. The summed E-state index contributed by atoms with van der Waals surface area (Å²) in [5.74, 6) is 2.82. The molecule has 23 heavy (non-hydrogen) atoms. The van der Waals surface area contributed by atoms with Gasteiger partial charge in [0.15, 0.2) is 5.78 Å². The van der Waals surface area contributed by atoms with Gasteiger partial charge in [0.25, 0.3) is 0 Å². The first-order chi connectivity index (χ1) is 11.1. The SMILES string of the molecule is CC(=O)c1cn(C#CC(O)c2ccc(Br)cc2)c2ccccc12. The Kier molecular flexibility index (Phi) is 4.33. The summed E-state index contributed by atoms with van der Waals surface area (Å²) >= 11 is 3.36. The number of aliphatic hydroxyl groups excluding tert-OH is 1. The highest BCUT2D eigenvalue weighted by Crippen LogP contribution is 2.21. The van der Waals surface area contributed by atoms with E-state index in [1.807, 2.05) is 48.5 Å². The molecule has 1 N–H and O–H groups in total. The topological polar surface area (TPSA) is 42.2 Å². The van der Waals surface area contributed by atoms with Gasteiger partial charge in [0.05, 0.1) is 5.52 Å². The van der Waals surface area contributed by atoms with E-state index >= 15 is 0 Å². The number of hydrogen-bond donors (Lipinski definition) is 1. The van der Waals surface area contributed by atoms with Crippen molar-refractivity contribution in [3.63, 3.8) is 0 Å². The molecule has 1 heterocycles. The van der Waals surface area contributed by atoms with Crippen LogP contribution in [0.1, 0.15) is 28.9 Å². The second kappa shape index (κ2) is 6.41. The van der Waals surface area contributed by atoms with Crippen LogP contribution in [0.5, 0.6) is 0 Å². The standard InChI is InChI=1S/C19H14BrNO2/c1-13(22)17-12-21(18-5-3-2-4-16(17)18)11-10-19(23)14-6-8-15(20)9-7-14/h2-9,12,19,23H,1H3. The fraction of sp³-hybridized carbons (Fsp3) is 0.105. The lowest BCUT2D eigenvalue weighted by atomic mass is 10.1. The number of aliphatic hydroxyl groups is 1. The van der Waals surface area contributed by atoms with Crippen molar-refractivity contribution in [3.8, 4) is 12.0 Å². The summed E-state index contributed by atoms with van der Waals surface area (Å²) in [7, 11) is 0. The van der Waals surface area contributed by atoms with Gasteiger partial charge in [0.2, 0.25) is 0 Å². The molecule has 1 unspecified atom stereocenters. The Morgan fingerprint density at radius 2 is 1.87 bits per heavy atom. The van der Waals surface area contributed by atoms with E-state index in [9.17, 15) is 9.90 Å². The van der Waals surface area contributed by atoms with Crippen LogP contribution in [-0.4, -0.2) is 15.5 Å². The van der Waals surface area contributed by atoms with Crippen LogP contribution >= 0.6 is 15.9 Å². The Balaban J connectivity index is 1.99. The van der Waals surface area contributed by atoms with E-state index in [0.29, 0.717) is 5.56 Å². The van der Waals surface area contributed by atoms with Gasteiger partial charge in [0, 0.05) is 27.7 Å². The van der Waals surface area contributed by atoms with Gasteiger partial charge in [-0.1, -0.05) is 46.3 Å². The monoisotopic (exact) mass is 367 g/mol. The maximum absolute atomic E-state index is 11.7. The number of carbonyl (C=O) groups is 1. The van der Waals surface area contributed by atoms with Crippen LogP contribution in [0.2, 0.25) is 0 Å². The molecule has 4 heteroatoms. The molecule has 0 aliphatic rings. The normalized spacial score (nSPS) is 11.8. The van der Waals surface area contributed by atoms with Crippen molar-refractivity contribution >= 4 is 32.6 Å². The molecule has 0 fully saturated rings. The third-order valence-corrected chi connectivity index (χ3v) is 4.13. The van der Waals surface area contributed by atoms with Gasteiger partial charge in [-0.05, 0) is 36.6 Å². The number of para-hydroxylation sites is 1. The summed E-state index contributed by atoms with van der Waals surface area (Å²) in [6, 6.07) is 17.9. The first kappa shape index (κ1) is 15.5. The van der Waals surface area contributed by atoms with Crippen LogP contribution in [0, 0.1) is 12.0 Å². The van der Waals surface area contributed by atoms with Crippen LogP contribution in [0.4, 0.5) is 0 Å². The van der Waals surface area contributed by atoms with Crippen LogP contribution < -0.4 is 0 Å². The molecule has 3 nitrogen and oxygen atoms in total. The number of hydrogen-bond acceptors (Lipinski definition) is 2. The highest BCUT2D eigenvalue weighted by molar-refractivity contribution is 9.10. The van der Waals surface area contributed by atoms with Gasteiger partial charge in [-0.25, -0.2) is 0 Å². The third kappa shape index (κ3) is 3.21. The molecule has 0 spiro atoms. The zero-order valence-electron chi connectivity index (χ0n) is 12.5. The van der Waals surface area contributed by atoms with Crippen LogP contribution in [0.25, 0.3) is 10.9 Å². The number of ketones is 1. The van der Waals surface area contributed by atoms with Crippen molar-refractivity contribution in [3.05, 3.63) is 70.3 Å². The molecule has 0 saturated heterocycles. The molecule has 1 atom stereocenters. The lowest BCUT2D eigenvalue weighted by Gasteiger charge is -2.03. The summed E-state index contributed by atoms with van der Waals surface area (Å²) < 4.78 is 2.64. The second-order valence-corrected chi connectivity index (χ2v) is 6.11. The highest BCUT2D eigenvalue weighted by Gasteiger charge is 2.10. The predicted octanol–water partition coefficient (Wildman–Crippen LogP) is 4.15. The molecule has 0 radical (unpaired) electrons. The molecular weight excluding hydrogens is 354 g/mol. The molecule has 0 amide bonds. The Bertz CT molecular complexity index is 929. The maximum Gasteiger partial charge on any atom is 0.161 e. The summed E-state index contributed by atoms with van der Waals surface area (Å²) in [6.07, 6.45) is 0.832. The smallest absolute Gasteiger partial charge is 0.161 e. The van der Waals surface area contributed by atoms with Gasteiger partial charge in [-0.3, -0.25) is 9.36 Å². The molecule has 0 saturated carbocycles. The van der Waals surface area contributed by atoms with Crippen molar-refractivity contribution in [2.45, 2.75) is 13.0 Å². The fourth-order valence-corrected chi connectivity index (χ4v) is 2.68. The van der Waals surface area contributed by atoms with Gasteiger partial charge >= 0.3 is 0 Å². The van der Waals surface area contributed by atoms with E-state index in [2.05, 4.69) is 27.9 Å². The number of Topliss-reactive ketones (excluding diaryl/α,β-unsaturated/α-hetero) is 1. The number of aromatic nitrogens is 1. The van der Waals surface area contributed by atoms with E-state index in [1.54, 1.807) is 10.8 Å². The van der Waals surface area contributed by atoms with Crippen LogP contribution in [0.3, 0.4) is 0 Å². The summed E-state index contributed by atoms with van der Waals surface area (Å²) in [5, 5.41) is 11.1. The molecule has 0 aliphatic carbocycles. The van der Waals surface area contributed by atoms with Gasteiger partial charge in [-0.15, -0.1) is 0 Å². The van der Waals surface area contributed by atoms with E-state index in [0.717, 1.165) is 20.9 Å². The molecule has 1 aromatic heterocycles. The summed E-state index contributed by atoms with van der Waals surface area (Å²) in [6.45, 7) is 1.54. The Morgan fingerprint density at radius 1 is 1.17 bits per heavy atom. The minimum atomic E-state index is -0.884. The Labute approximate surface area is 142 Å². The average Bonchev–Trinajstić information content (AvgIpc) is 2.92. The third-order valence-electron chi connectivity index (χ3n) is 3.60. The number of rotatable bonds is 2. The fourth-order valence-electron chi connectivity index (χ4n) is 2.41. The summed E-state index contributed by atoms with van der Waals surface area (Å²) in [4.78, 5) is 11.7. The minimum Gasteiger partial charge on any atom is -0.376 e. The van der Waals surface area contributed by atoms with E-state index in [-0.39, 0.29) is 5.78 Å². The number of benzene rings is 2. The van der Waals surface area contributed by atoms with Crippen molar-refractivity contribution in [2.75, 3.05) is 0 Å². The zero-order valence-corrected chi connectivity index (χ0v) is 14.0.